The van der Waals surface area contributed by atoms with Gasteiger partial charge in [0.15, 0.2) is 0 Å². The van der Waals surface area contributed by atoms with Crippen molar-refractivity contribution >= 4 is 5.91 Å². The summed E-state index contributed by atoms with van der Waals surface area (Å²) in [7, 11) is 1.73. The summed E-state index contributed by atoms with van der Waals surface area (Å²) in [6.07, 6.45) is 9.77. The Morgan fingerprint density at radius 2 is 1.86 bits per heavy atom. The van der Waals surface area contributed by atoms with Gasteiger partial charge in [0.2, 0.25) is 5.91 Å². The quantitative estimate of drug-likeness (QED) is 0.707. The Bertz CT molecular complexity index is 327. The van der Waals surface area contributed by atoms with Crippen molar-refractivity contribution in [2.45, 2.75) is 64.3 Å². The van der Waals surface area contributed by atoms with Crippen molar-refractivity contribution in [2.24, 2.45) is 5.92 Å². The first-order chi connectivity index (χ1) is 10.7. The van der Waals surface area contributed by atoms with E-state index < -0.39 is 0 Å². The van der Waals surface area contributed by atoms with E-state index in [-0.39, 0.29) is 5.92 Å². The first-order valence-corrected chi connectivity index (χ1v) is 9.24. The monoisotopic (exact) mass is 310 g/mol. The molecule has 2 saturated heterocycles. The minimum absolute atomic E-state index is 0.137. The van der Waals surface area contributed by atoms with E-state index >= 15 is 0 Å². The van der Waals surface area contributed by atoms with Crippen LogP contribution < -0.4 is 0 Å². The molecular formula is C18H34N2O2. The Hall–Kier alpha value is -0.610. The van der Waals surface area contributed by atoms with Gasteiger partial charge in [-0.25, -0.2) is 0 Å². The van der Waals surface area contributed by atoms with Crippen LogP contribution in [0.1, 0.15) is 58.3 Å². The van der Waals surface area contributed by atoms with Gasteiger partial charge >= 0.3 is 0 Å². The maximum atomic E-state index is 12.7. The average Bonchev–Trinajstić information content (AvgIpc) is 2.83. The molecule has 0 aromatic carbocycles. The second-order valence-electron chi connectivity index (χ2n) is 7.07. The number of carbonyl (C=O) groups is 1. The molecular weight excluding hydrogens is 276 g/mol. The molecule has 4 nitrogen and oxygen atoms in total. The van der Waals surface area contributed by atoms with Crippen LogP contribution in [0.15, 0.2) is 0 Å². The number of piperidine rings is 1. The molecule has 2 aliphatic heterocycles. The Balaban J connectivity index is 1.82. The largest absolute Gasteiger partial charge is 0.385 e. The molecule has 1 amide bonds. The fraction of sp³-hybridized carbons (Fsp3) is 0.944. The lowest BCUT2D eigenvalue weighted by atomic mass is 9.99. The minimum atomic E-state index is 0.137. The van der Waals surface area contributed by atoms with Gasteiger partial charge in [0, 0.05) is 38.8 Å². The van der Waals surface area contributed by atoms with Gasteiger partial charge in [-0.05, 0) is 51.6 Å². The van der Waals surface area contributed by atoms with Gasteiger partial charge in [-0.2, -0.15) is 0 Å². The van der Waals surface area contributed by atoms with E-state index in [0.29, 0.717) is 11.9 Å². The summed E-state index contributed by atoms with van der Waals surface area (Å²) in [4.78, 5) is 17.4. The average molecular weight is 310 g/mol. The highest BCUT2D eigenvalue weighted by Crippen LogP contribution is 2.22. The summed E-state index contributed by atoms with van der Waals surface area (Å²) in [5.74, 6) is 0.494. The van der Waals surface area contributed by atoms with Crippen molar-refractivity contribution in [3.63, 3.8) is 0 Å². The zero-order chi connectivity index (χ0) is 15.8. The molecule has 0 radical (unpaired) electrons. The van der Waals surface area contributed by atoms with Crippen LogP contribution in [0.2, 0.25) is 0 Å². The van der Waals surface area contributed by atoms with Crippen molar-refractivity contribution in [1.29, 1.82) is 0 Å². The lowest BCUT2D eigenvalue weighted by Crippen LogP contribution is -2.51. The number of nitrogens with zero attached hydrogens (tertiary/aromatic N) is 2. The van der Waals surface area contributed by atoms with Crippen molar-refractivity contribution in [1.82, 2.24) is 9.80 Å². The van der Waals surface area contributed by atoms with Gasteiger partial charge in [-0.3, -0.25) is 9.69 Å². The lowest BCUT2D eigenvalue weighted by molar-refractivity contribution is -0.137. The molecule has 0 spiro atoms. The van der Waals surface area contributed by atoms with Crippen LogP contribution in [0.4, 0.5) is 0 Å². The van der Waals surface area contributed by atoms with E-state index in [4.69, 9.17) is 4.74 Å². The molecule has 2 heterocycles. The highest BCUT2D eigenvalue weighted by Gasteiger charge is 2.29. The second-order valence-corrected chi connectivity index (χ2v) is 7.07. The maximum absolute atomic E-state index is 12.7. The Morgan fingerprint density at radius 1 is 1.14 bits per heavy atom. The van der Waals surface area contributed by atoms with Crippen LogP contribution >= 0.6 is 0 Å². The van der Waals surface area contributed by atoms with Crippen LogP contribution in [0.3, 0.4) is 0 Å². The van der Waals surface area contributed by atoms with Gasteiger partial charge in [-0.15, -0.1) is 0 Å². The van der Waals surface area contributed by atoms with E-state index in [1.807, 2.05) is 0 Å². The molecule has 2 fully saturated rings. The molecule has 0 aliphatic carbocycles. The van der Waals surface area contributed by atoms with Crippen LogP contribution in [0, 0.1) is 5.92 Å². The van der Waals surface area contributed by atoms with E-state index in [2.05, 4.69) is 16.7 Å². The predicted molar refractivity (Wildman–Crippen MR) is 89.9 cm³/mol. The zero-order valence-electron chi connectivity index (χ0n) is 14.6. The fourth-order valence-electron chi connectivity index (χ4n) is 3.88. The Labute approximate surface area is 136 Å². The first kappa shape index (κ1) is 17.7. The molecule has 0 aromatic heterocycles. The molecule has 4 heteroatoms. The van der Waals surface area contributed by atoms with Gasteiger partial charge in [0.05, 0.1) is 0 Å². The summed E-state index contributed by atoms with van der Waals surface area (Å²) < 4.78 is 5.09. The summed E-state index contributed by atoms with van der Waals surface area (Å²) in [5, 5.41) is 0. The number of hydrogen-bond donors (Lipinski definition) is 0. The van der Waals surface area contributed by atoms with Gasteiger partial charge < -0.3 is 9.64 Å². The Morgan fingerprint density at radius 3 is 2.55 bits per heavy atom. The molecule has 0 aromatic rings. The van der Waals surface area contributed by atoms with Crippen molar-refractivity contribution in [3.8, 4) is 0 Å². The molecule has 128 valence electrons. The normalized spacial score (nSPS) is 25.7. The van der Waals surface area contributed by atoms with Crippen LogP contribution in [0.5, 0.6) is 0 Å². The standard InChI is InChI=1S/C18H34N2O2/c1-16(9-8-14-22-2)18(21)20-13-7-10-17(15-20)19-11-5-3-4-6-12-19/h16-17H,3-15H2,1-2H3/t16-,17+/m0/s1. The summed E-state index contributed by atoms with van der Waals surface area (Å²) in [6, 6.07) is 0.599. The smallest absolute Gasteiger partial charge is 0.225 e. The third kappa shape index (κ3) is 5.24. The fourth-order valence-corrected chi connectivity index (χ4v) is 3.88. The number of likely N-dealkylation sites (tertiary alicyclic amines) is 2. The maximum Gasteiger partial charge on any atom is 0.225 e. The third-order valence-electron chi connectivity index (χ3n) is 5.27. The second kappa shape index (κ2) is 9.51. The molecule has 0 saturated carbocycles. The minimum Gasteiger partial charge on any atom is -0.385 e. The van der Waals surface area contributed by atoms with Crippen molar-refractivity contribution < 1.29 is 9.53 Å². The molecule has 2 rings (SSSR count). The molecule has 0 bridgehead atoms. The number of rotatable bonds is 6. The van der Waals surface area contributed by atoms with E-state index in [1.54, 1.807) is 7.11 Å². The Kier molecular flexibility index (Phi) is 7.67. The highest BCUT2D eigenvalue weighted by atomic mass is 16.5. The van der Waals surface area contributed by atoms with E-state index in [0.717, 1.165) is 39.0 Å². The number of methoxy groups -OCH3 is 1. The molecule has 0 unspecified atom stereocenters. The van der Waals surface area contributed by atoms with Gasteiger partial charge in [0.25, 0.3) is 0 Å². The molecule has 22 heavy (non-hydrogen) atoms. The number of ether oxygens (including phenoxy) is 1. The predicted octanol–water partition coefficient (Wildman–Crippen LogP) is 2.92. The molecule has 0 N–H and O–H groups in total. The number of carbonyl (C=O) groups excluding carboxylic acids is 1. The number of amides is 1. The summed E-state index contributed by atoms with van der Waals surface area (Å²) in [6.45, 7) is 7.21. The van der Waals surface area contributed by atoms with E-state index in [9.17, 15) is 4.79 Å². The number of hydrogen-bond acceptors (Lipinski definition) is 3. The SMILES string of the molecule is COCCC[C@H](C)C(=O)N1CCC[C@@H](N2CCCCCC2)C1. The topological polar surface area (TPSA) is 32.8 Å². The summed E-state index contributed by atoms with van der Waals surface area (Å²) >= 11 is 0. The molecule has 2 atom stereocenters. The highest BCUT2D eigenvalue weighted by molar-refractivity contribution is 5.78. The zero-order valence-corrected chi connectivity index (χ0v) is 14.6. The van der Waals surface area contributed by atoms with Crippen molar-refractivity contribution in [3.05, 3.63) is 0 Å². The third-order valence-corrected chi connectivity index (χ3v) is 5.27. The van der Waals surface area contributed by atoms with Crippen LogP contribution in [-0.2, 0) is 9.53 Å². The van der Waals surface area contributed by atoms with E-state index in [1.165, 1.54) is 45.2 Å². The van der Waals surface area contributed by atoms with Crippen LogP contribution in [-0.4, -0.2) is 61.6 Å². The summed E-state index contributed by atoms with van der Waals surface area (Å²) in [5.41, 5.74) is 0. The van der Waals surface area contributed by atoms with Crippen LogP contribution in [0.25, 0.3) is 0 Å². The molecule has 2 aliphatic rings. The van der Waals surface area contributed by atoms with Gasteiger partial charge in [0.1, 0.15) is 0 Å². The van der Waals surface area contributed by atoms with Gasteiger partial charge in [-0.1, -0.05) is 19.8 Å². The first-order valence-electron chi connectivity index (χ1n) is 9.24. The lowest BCUT2D eigenvalue weighted by Gasteiger charge is -2.40. The van der Waals surface area contributed by atoms with Crippen molar-refractivity contribution in [2.75, 3.05) is 39.9 Å².